The predicted molar refractivity (Wildman–Crippen MR) is 92.6 cm³/mol. The molecular weight excluding hydrogens is 340 g/mol. The van der Waals surface area contributed by atoms with E-state index in [1.165, 1.54) is 0 Å². The van der Waals surface area contributed by atoms with E-state index >= 15 is 0 Å². The Morgan fingerprint density at radius 2 is 1.82 bits per heavy atom. The molecule has 0 aliphatic heterocycles. The second kappa shape index (κ2) is 6.58. The Kier molecular flexibility index (Phi) is 4.34. The number of aromatic amines is 1. The Morgan fingerprint density at radius 3 is 2.50 bits per heavy atom. The maximum atomic E-state index is 5.54. The number of rotatable bonds is 4. The summed E-state index contributed by atoms with van der Waals surface area (Å²) in [5.74, 6) is 5.54. The minimum atomic E-state index is 0.615. The molecule has 0 radical (unpaired) electrons. The number of nitrogens with zero attached hydrogens (tertiary/aromatic N) is 2. The van der Waals surface area contributed by atoms with Crippen LogP contribution >= 0.6 is 15.9 Å². The van der Waals surface area contributed by atoms with Gasteiger partial charge in [0.05, 0.1) is 11.4 Å². The molecule has 0 aliphatic rings. The lowest BCUT2D eigenvalue weighted by atomic mass is 10.1. The van der Waals surface area contributed by atoms with Gasteiger partial charge in [-0.1, -0.05) is 58.4 Å². The summed E-state index contributed by atoms with van der Waals surface area (Å²) in [4.78, 5) is 0. The van der Waals surface area contributed by atoms with Gasteiger partial charge < -0.3 is 5.84 Å². The number of nitrogens with two attached hydrogens (primary N) is 1. The monoisotopic (exact) mass is 354 g/mol. The molecule has 110 valence electrons. The van der Waals surface area contributed by atoms with Crippen LogP contribution in [-0.4, -0.2) is 15.9 Å². The van der Waals surface area contributed by atoms with Gasteiger partial charge in [0.15, 0.2) is 0 Å². The Bertz CT molecular complexity index is 776. The molecule has 0 aliphatic carbocycles. The van der Waals surface area contributed by atoms with E-state index < -0.39 is 0 Å². The van der Waals surface area contributed by atoms with Crippen LogP contribution in [0.3, 0.4) is 0 Å². The standard InChI is InChI=1S/C17H15BrN4/c18-14-8-6-13(7-9-14)17-11-15(21-22-17)10-16(20-19)12-4-2-1-3-5-12/h1-9,11H,10,19H2,(H,21,22). The molecule has 0 saturated heterocycles. The number of hydrogen-bond donors (Lipinski definition) is 2. The van der Waals surface area contributed by atoms with Gasteiger partial charge in [0, 0.05) is 22.2 Å². The van der Waals surface area contributed by atoms with Crippen LogP contribution in [0.25, 0.3) is 11.3 Å². The van der Waals surface area contributed by atoms with Crippen LogP contribution < -0.4 is 5.84 Å². The van der Waals surface area contributed by atoms with Crippen LogP contribution in [0.4, 0.5) is 0 Å². The molecule has 2 aromatic carbocycles. The topological polar surface area (TPSA) is 67.1 Å². The first-order chi connectivity index (χ1) is 10.8. The normalized spacial score (nSPS) is 11.6. The average Bonchev–Trinajstić information content (AvgIpc) is 3.03. The van der Waals surface area contributed by atoms with Crippen LogP contribution in [0.1, 0.15) is 11.3 Å². The number of halogens is 1. The number of hydrogen-bond acceptors (Lipinski definition) is 3. The highest BCUT2D eigenvalue weighted by Gasteiger charge is 2.09. The molecule has 0 unspecified atom stereocenters. The summed E-state index contributed by atoms with van der Waals surface area (Å²) < 4.78 is 1.05. The lowest BCUT2D eigenvalue weighted by molar-refractivity contribution is 1.02. The highest BCUT2D eigenvalue weighted by molar-refractivity contribution is 9.10. The van der Waals surface area contributed by atoms with E-state index in [2.05, 4.69) is 31.2 Å². The van der Waals surface area contributed by atoms with E-state index in [0.717, 1.165) is 32.7 Å². The Balaban J connectivity index is 1.81. The first-order valence-electron chi connectivity index (χ1n) is 6.88. The highest BCUT2D eigenvalue weighted by Crippen LogP contribution is 2.21. The van der Waals surface area contributed by atoms with Gasteiger partial charge in [-0.05, 0) is 23.8 Å². The molecule has 0 saturated carbocycles. The van der Waals surface area contributed by atoms with Crippen molar-refractivity contribution >= 4 is 21.6 Å². The molecule has 1 heterocycles. The molecule has 3 rings (SSSR count). The molecule has 3 N–H and O–H groups in total. The van der Waals surface area contributed by atoms with Crippen molar-refractivity contribution in [2.45, 2.75) is 6.42 Å². The van der Waals surface area contributed by atoms with Crippen molar-refractivity contribution < 1.29 is 0 Å². The number of hydrazone groups is 1. The average molecular weight is 355 g/mol. The third kappa shape index (κ3) is 3.26. The van der Waals surface area contributed by atoms with Crippen molar-refractivity contribution in [3.8, 4) is 11.3 Å². The molecule has 0 fully saturated rings. The summed E-state index contributed by atoms with van der Waals surface area (Å²) in [7, 11) is 0. The van der Waals surface area contributed by atoms with Gasteiger partial charge in [0.2, 0.25) is 0 Å². The van der Waals surface area contributed by atoms with Gasteiger partial charge in [-0.15, -0.1) is 0 Å². The van der Waals surface area contributed by atoms with Crippen LogP contribution in [0.5, 0.6) is 0 Å². The molecule has 0 bridgehead atoms. The molecule has 5 heteroatoms. The number of aromatic nitrogens is 2. The van der Waals surface area contributed by atoms with E-state index in [0.29, 0.717) is 6.42 Å². The predicted octanol–water partition coefficient (Wildman–Crippen LogP) is 3.74. The second-order valence-corrected chi connectivity index (χ2v) is 5.82. The van der Waals surface area contributed by atoms with Gasteiger partial charge >= 0.3 is 0 Å². The second-order valence-electron chi connectivity index (χ2n) is 4.90. The molecule has 4 nitrogen and oxygen atoms in total. The molecule has 0 spiro atoms. The quantitative estimate of drug-likeness (QED) is 0.425. The van der Waals surface area contributed by atoms with Crippen molar-refractivity contribution in [3.63, 3.8) is 0 Å². The summed E-state index contributed by atoms with van der Waals surface area (Å²) in [5.41, 5.74) is 4.80. The summed E-state index contributed by atoms with van der Waals surface area (Å²) in [6, 6.07) is 20.0. The SMILES string of the molecule is NN=C(Cc1cc(-c2ccc(Br)cc2)n[nH]1)c1ccccc1. The number of H-pyrrole nitrogens is 1. The van der Waals surface area contributed by atoms with Gasteiger partial charge in [-0.25, -0.2) is 0 Å². The zero-order valence-corrected chi connectivity index (χ0v) is 13.4. The fourth-order valence-electron chi connectivity index (χ4n) is 2.25. The molecule has 0 amide bonds. The Labute approximate surface area is 137 Å². The lowest BCUT2D eigenvalue weighted by Gasteiger charge is -2.03. The highest BCUT2D eigenvalue weighted by atomic mass is 79.9. The molecule has 0 atom stereocenters. The van der Waals surface area contributed by atoms with Crippen LogP contribution in [0.2, 0.25) is 0 Å². The van der Waals surface area contributed by atoms with Crippen molar-refractivity contribution in [2.24, 2.45) is 10.9 Å². The fourth-order valence-corrected chi connectivity index (χ4v) is 2.52. The van der Waals surface area contributed by atoms with Crippen molar-refractivity contribution in [3.05, 3.63) is 76.4 Å². The first kappa shape index (κ1) is 14.5. The van der Waals surface area contributed by atoms with Crippen LogP contribution in [-0.2, 0) is 6.42 Å². The maximum absolute atomic E-state index is 5.54. The smallest absolute Gasteiger partial charge is 0.0923 e. The van der Waals surface area contributed by atoms with Crippen LogP contribution in [0, 0.1) is 0 Å². The Hall–Kier alpha value is -2.40. The van der Waals surface area contributed by atoms with Gasteiger partial charge in [0.25, 0.3) is 0 Å². The largest absolute Gasteiger partial charge is 0.323 e. The molecule has 1 aromatic heterocycles. The van der Waals surface area contributed by atoms with E-state index in [1.807, 2.05) is 60.7 Å². The fraction of sp³-hybridized carbons (Fsp3) is 0.0588. The third-order valence-corrected chi connectivity index (χ3v) is 3.92. The summed E-state index contributed by atoms with van der Waals surface area (Å²) >= 11 is 3.43. The van der Waals surface area contributed by atoms with Gasteiger partial charge in [0.1, 0.15) is 0 Å². The molecule has 22 heavy (non-hydrogen) atoms. The van der Waals surface area contributed by atoms with E-state index in [1.54, 1.807) is 0 Å². The van der Waals surface area contributed by atoms with Crippen LogP contribution in [0.15, 0.2) is 70.2 Å². The van der Waals surface area contributed by atoms with Gasteiger partial charge in [-0.3, -0.25) is 5.10 Å². The summed E-state index contributed by atoms with van der Waals surface area (Å²) in [6.45, 7) is 0. The minimum Gasteiger partial charge on any atom is -0.323 e. The van der Waals surface area contributed by atoms with Gasteiger partial charge in [-0.2, -0.15) is 10.2 Å². The minimum absolute atomic E-state index is 0.615. The molecule has 3 aromatic rings. The first-order valence-corrected chi connectivity index (χ1v) is 7.68. The summed E-state index contributed by atoms with van der Waals surface area (Å²) in [6.07, 6.45) is 0.615. The number of nitrogens with one attached hydrogen (secondary N) is 1. The lowest BCUT2D eigenvalue weighted by Crippen LogP contribution is -2.08. The van der Waals surface area contributed by atoms with E-state index in [9.17, 15) is 0 Å². The zero-order valence-electron chi connectivity index (χ0n) is 11.8. The van der Waals surface area contributed by atoms with Crippen molar-refractivity contribution in [1.82, 2.24) is 10.2 Å². The van der Waals surface area contributed by atoms with Crippen molar-refractivity contribution in [2.75, 3.05) is 0 Å². The third-order valence-electron chi connectivity index (χ3n) is 3.39. The zero-order chi connectivity index (χ0) is 15.4. The maximum Gasteiger partial charge on any atom is 0.0923 e. The number of benzene rings is 2. The molecular formula is C17H15BrN4. The van der Waals surface area contributed by atoms with Crippen molar-refractivity contribution in [1.29, 1.82) is 0 Å². The van der Waals surface area contributed by atoms with E-state index in [-0.39, 0.29) is 0 Å². The summed E-state index contributed by atoms with van der Waals surface area (Å²) in [5, 5.41) is 11.3. The Morgan fingerprint density at radius 1 is 1.09 bits per heavy atom. The van der Waals surface area contributed by atoms with E-state index in [4.69, 9.17) is 5.84 Å².